The van der Waals surface area contributed by atoms with Crippen LogP contribution in [0.5, 0.6) is 0 Å². The molecule has 1 fully saturated rings. The molecule has 3 aromatic heterocycles. The fraction of sp³-hybridized carbons (Fsp3) is 0.360. The van der Waals surface area contributed by atoms with Crippen LogP contribution in [0.4, 0.5) is 5.82 Å². The molecule has 6 rings (SSSR count). The second-order valence-electron chi connectivity index (χ2n) is 8.96. The van der Waals surface area contributed by atoms with E-state index in [4.69, 9.17) is 0 Å². The second-order valence-corrected chi connectivity index (χ2v) is 8.96. The number of hydrogen-bond donors (Lipinski definition) is 2. The molecule has 2 aliphatic heterocycles. The van der Waals surface area contributed by atoms with Gasteiger partial charge in [-0.2, -0.15) is 5.10 Å². The van der Waals surface area contributed by atoms with E-state index in [-0.39, 0.29) is 0 Å². The van der Waals surface area contributed by atoms with E-state index in [0.717, 1.165) is 37.5 Å². The summed E-state index contributed by atoms with van der Waals surface area (Å²) in [6, 6.07) is 9.64. The van der Waals surface area contributed by atoms with E-state index >= 15 is 0 Å². The van der Waals surface area contributed by atoms with Gasteiger partial charge in [-0.1, -0.05) is 6.07 Å². The molecule has 1 saturated heterocycles. The van der Waals surface area contributed by atoms with Crippen molar-refractivity contribution in [2.45, 2.75) is 38.8 Å². The number of pyridine rings is 1. The molecule has 1 aromatic carbocycles. The van der Waals surface area contributed by atoms with Crippen molar-refractivity contribution in [1.29, 1.82) is 0 Å². The number of aryl methyl sites for hydroxylation is 2. The summed E-state index contributed by atoms with van der Waals surface area (Å²) in [5.41, 5.74) is 9.09. The minimum atomic E-state index is 0.433. The van der Waals surface area contributed by atoms with Crippen molar-refractivity contribution >= 4 is 16.9 Å². The average Bonchev–Trinajstić information content (AvgIpc) is 3.55. The van der Waals surface area contributed by atoms with Gasteiger partial charge in [-0.15, -0.1) is 0 Å². The fourth-order valence-electron chi connectivity index (χ4n) is 5.18. The van der Waals surface area contributed by atoms with E-state index in [1.165, 1.54) is 51.6 Å². The summed E-state index contributed by atoms with van der Waals surface area (Å²) >= 11 is 0. The molecule has 1 atom stereocenters. The van der Waals surface area contributed by atoms with Gasteiger partial charge in [-0.05, 0) is 72.7 Å². The Bertz CT molecular complexity index is 1260. The normalized spacial score (nSPS) is 18.6. The highest BCUT2D eigenvalue weighted by molar-refractivity contribution is 5.84. The zero-order chi connectivity index (χ0) is 20.9. The third-order valence-corrected chi connectivity index (χ3v) is 6.91. The zero-order valence-corrected chi connectivity index (χ0v) is 18.2. The first-order valence-electron chi connectivity index (χ1n) is 11.2. The lowest BCUT2D eigenvalue weighted by atomic mass is 9.87. The first-order valence-corrected chi connectivity index (χ1v) is 11.2. The summed E-state index contributed by atoms with van der Waals surface area (Å²) in [6.45, 7) is 5.16. The number of benzene rings is 1. The van der Waals surface area contributed by atoms with Gasteiger partial charge in [-0.3, -0.25) is 4.68 Å². The second kappa shape index (κ2) is 7.24. The maximum Gasteiger partial charge on any atom is 0.150 e. The molecule has 6 heteroatoms. The molecule has 0 aliphatic carbocycles. The third-order valence-electron chi connectivity index (χ3n) is 6.91. The van der Waals surface area contributed by atoms with Crippen LogP contribution in [0.3, 0.4) is 0 Å². The summed E-state index contributed by atoms with van der Waals surface area (Å²) in [5, 5.41) is 9.59. The lowest BCUT2D eigenvalue weighted by Crippen LogP contribution is -2.32. The Kier molecular flexibility index (Phi) is 4.35. The van der Waals surface area contributed by atoms with Crippen LogP contribution in [0.2, 0.25) is 0 Å². The molecule has 0 saturated carbocycles. The van der Waals surface area contributed by atoms with Crippen molar-refractivity contribution in [3.8, 4) is 11.1 Å². The van der Waals surface area contributed by atoms with E-state index in [1.807, 2.05) is 30.3 Å². The Morgan fingerprint density at radius 3 is 2.90 bits per heavy atom. The van der Waals surface area contributed by atoms with Crippen LogP contribution in [0.25, 0.3) is 22.2 Å². The number of nitrogens with zero attached hydrogens (tertiary/aromatic N) is 4. The van der Waals surface area contributed by atoms with Gasteiger partial charge in [0.2, 0.25) is 0 Å². The highest BCUT2D eigenvalue weighted by Crippen LogP contribution is 2.37. The minimum absolute atomic E-state index is 0.433. The van der Waals surface area contributed by atoms with Crippen molar-refractivity contribution < 1.29 is 0 Å². The van der Waals surface area contributed by atoms with Crippen LogP contribution >= 0.6 is 0 Å². The topological polar surface area (TPSA) is 61.8 Å². The molecule has 0 amide bonds. The number of H-pyrrole nitrogens is 1. The molecule has 2 N–H and O–H groups in total. The van der Waals surface area contributed by atoms with E-state index in [1.54, 1.807) is 0 Å². The van der Waals surface area contributed by atoms with Crippen molar-refractivity contribution in [1.82, 2.24) is 25.1 Å². The predicted octanol–water partition coefficient (Wildman–Crippen LogP) is 4.26. The Labute approximate surface area is 182 Å². The van der Waals surface area contributed by atoms with E-state index < -0.39 is 0 Å². The maximum absolute atomic E-state index is 4.68. The molecule has 4 aromatic rings. The lowest BCUT2D eigenvalue weighted by Gasteiger charge is -2.32. The first-order chi connectivity index (χ1) is 15.2. The smallest absolute Gasteiger partial charge is 0.150 e. The van der Waals surface area contributed by atoms with Gasteiger partial charge < -0.3 is 15.2 Å². The van der Waals surface area contributed by atoms with Crippen LogP contribution < -0.4 is 10.2 Å². The Morgan fingerprint density at radius 1 is 1.16 bits per heavy atom. The van der Waals surface area contributed by atoms with E-state index in [9.17, 15) is 0 Å². The van der Waals surface area contributed by atoms with Gasteiger partial charge in [-0.25, -0.2) is 4.98 Å². The summed E-state index contributed by atoms with van der Waals surface area (Å²) in [6.07, 6.45) is 9.55. The summed E-state index contributed by atoms with van der Waals surface area (Å²) < 4.78 is 1.89. The zero-order valence-electron chi connectivity index (χ0n) is 18.2. The Hall–Kier alpha value is -3.12. The van der Waals surface area contributed by atoms with E-state index in [0.29, 0.717) is 6.04 Å². The van der Waals surface area contributed by atoms with Gasteiger partial charge in [0.15, 0.2) is 5.82 Å². The standard InChI is InChI=1S/C25H28N6/c1-16-13-27-25-20(16)12-19(14-28-25)18-10-17-5-9-31(24-6-8-30(2)29-24)15-22(17)21(11-18)23-4-3-7-26-23/h6,8,10-14,23,26H,3-5,7,9,15H2,1-2H3,(H,27,28)/t23-/m0/s1. The van der Waals surface area contributed by atoms with Crippen molar-refractivity contribution in [3.63, 3.8) is 0 Å². The average molecular weight is 413 g/mol. The molecular weight excluding hydrogens is 384 g/mol. The molecule has 5 heterocycles. The van der Waals surface area contributed by atoms with Crippen molar-refractivity contribution in [2.75, 3.05) is 18.0 Å². The molecule has 6 nitrogen and oxygen atoms in total. The molecule has 2 aliphatic rings. The summed E-state index contributed by atoms with van der Waals surface area (Å²) in [7, 11) is 1.98. The van der Waals surface area contributed by atoms with Crippen LogP contribution in [0.1, 0.15) is 41.1 Å². The molecule has 0 radical (unpaired) electrons. The van der Waals surface area contributed by atoms with Crippen LogP contribution in [0.15, 0.2) is 42.9 Å². The van der Waals surface area contributed by atoms with Gasteiger partial charge in [0.05, 0.1) is 0 Å². The van der Waals surface area contributed by atoms with Crippen LogP contribution in [-0.4, -0.2) is 32.8 Å². The fourth-order valence-corrected chi connectivity index (χ4v) is 5.18. The lowest BCUT2D eigenvalue weighted by molar-refractivity contribution is 0.622. The Balaban J connectivity index is 1.44. The summed E-state index contributed by atoms with van der Waals surface area (Å²) in [5.74, 6) is 1.07. The van der Waals surface area contributed by atoms with Crippen LogP contribution in [-0.2, 0) is 20.0 Å². The number of aromatic amines is 1. The number of aromatic nitrogens is 4. The van der Waals surface area contributed by atoms with Gasteiger partial charge in [0, 0.05) is 61.8 Å². The molecule has 31 heavy (non-hydrogen) atoms. The number of hydrogen-bond acceptors (Lipinski definition) is 4. The molecule has 0 spiro atoms. The number of nitrogens with one attached hydrogen (secondary N) is 2. The molecule has 0 bridgehead atoms. The number of anilines is 1. The number of rotatable bonds is 3. The quantitative estimate of drug-likeness (QED) is 0.528. The maximum atomic E-state index is 4.68. The number of fused-ring (bicyclic) bond motifs is 2. The Morgan fingerprint density at radius 2 is 2.10 bits per heavy atom. The monoisotopic (exact) mass is 412 g/mol. The first kappa shape index (κ1) is 18.6. The minimum Gasteiger partial charge on any atom is -0.350 e. The largest absolute Gasteiger partial charge is 0.350 e. The molecular formula is C25H28N6. The van der Waals surface area contributed by atoms with Gasteiger partial charge in [0.25, 0.3) is 0 Å². The summed E-state index contributed by atoms with van der Waals surface area (Å²) in [4.78, 5) is 10.4. The predicted molar refractivity (Wildman–Crippen MR) is 124 cm³/mol. The molecule has 158 valence electrons. The third kappa shape index (κ3) is 3.22. The highest BCUT2D eigenvalue weighted by Gasteiger charge is 2.27. The SMILES string of the molecule is Cc1c[nH]c2ncc(-c3cc4c(c([C@@H]5CCCN5)c3)CN(c3ccn(C)n3)CC4)cc12. The van der Waals surface area contributed by atoms with Crippen molar-refractivity contribution in [2.24, 2.45) is 7.05 Å². The van der Waals surface area contributed by atoms with Gasteiger partial charge >= 0.3 is 0 Å². The highest BCUT2D eigenvalue weighted by atomic mass is 15.3. The van der Waals surface area contributed by atoms with Gasteiger partial charge in [0.1, 0.15) is 5.65 Å². The van der Waals surface area contributed by atoms with E-state index in [2.05, 4.69) is 56.5 Å². The van der Waals surface area contributed by atoms with Crippen LogP contribution in [0, 0.1) is 6.92 Å². The molecule has 0 unspecified atom stereocenters. The van der Waals surface area contributed by atoms with Crippen molar-refractivity contribution in [3.05, 3.63) is 65.1 Å².